The first-order valence-corrected chi connectivity index (χ1v) is 6.76. The van der Waals surface area contributed by atoms with E-state index in [2.05, 4.69) is 5.09 Å². The molecule has 0 radical (unpaired) electrons. The fraction of sp³-hybridized carbons (Fsp3) is 1.00. The van der Waals surface area contributed by atoms with Gasteiger partial charge in [-0.25, -0.2) is 9.76 Å². The van der Waals surface area contributed by atoms with Crippen LogP contribution in [0.5, 0.6) is 0 Å². The largest absolute Gasteiger partial charge is 0.343 e. The first-order chi connectivity index (χ1) is 8.17. The van der Waals surface area contributed by atoms with Crippen molar-refractivity contribution in [3.63, 3.8) is 0 Å². The summed E-state index contributed by atoms with van der Waals surface area (Å²) in [5.74, 6) is -0.829. The summed E-state index contributed by atoms with van der Waals surface area (Å²) in [6.45, 7) is -3.83. The molecule has 14 heavy (non-hydrogen) atoms. The highest BCUT2D eigenvalue weighted by Gasteiger charge is 2.33. The molecule has 1 aliphatic rings. The Morgan fingerprint density at radius 1 is 1.57 bits per heavy atom. The second kappa shape index (κ2) is 6.31. The Kier molecular flexibility index (Phi) is 3.55. The highest BCUT2D eigenvalue weighted by molar-refractivity contribution is 7.54. The third-order valence-corrected chi connectivity index (χ3v) is 3.83. The summed E-state index contributed by atoms with van der Waals surface area (Å²) in [4.78, 5) is 0. The lowest BCUT2D eigenvalue weighted by Gasteiger charge is -2.34. The van der Waals surface area contributed by atoms with Crippen LogP contribution in [0.3, 0.4) is 0 Å². The summed E-state index contributed by atoms with van der Waals surface area (Å²) in [5, 5.41) is 2.17. The monoisotopic (exact) mass is 264 g/mol. The molecule has 0 saturated carbocycles. The molecule has 1 rings (SSSR count). The molecule has 84 valence electrons. The van der Waals surface area contributed by atoms with Gasteiger partial charge >= 0.3 is 7.67 Å². The van der Waals surface area contributed by atoms with Crippen molar-refractivity contribution < 1.29 is 14.6 Å². The minimum absolute atomic E-state index is 0.164. The number of alkyl halides is 2. The van der Waals surface area contributed by atoms with Crippen molar-refractivity contribution >= 4 is 30.9 Å². The van der Waals surface area contributed by atoms with E-state index in [4.69, 9.17) is 33.2 Å². The van der Waals surface area contributed by atoms with Gasteiger partial charge in [0.25, 0.3) is 0 Å². The molecular weight excluding hydrogens is 246 g/mol. The SMILES string of the molecule is [2H]C([2H])(CCl)NP1(=O)OCCCN1C([2H])([2H])CCl. The van der Waals surface area contributed by atoms with Gasteiger partial charge in [0.1, 0.15) is 0 Å². The highest BCUT2D eigenvalue weighted by atomic mass is 35.5. The van der Waals surface area contributed by atoms with Crippen molar-refractivity contribution in [1.29, 1.82) is 0 Å². The van der Waals surface area contributed by atoms with Crippen LogP contribution < -0.4 is 5.09 Å². The van der Waals surface area contributed by atoms with E-state index in [1.807, 2.05) is 0 Å². The maximum absolute atomic E-state index is 12.5. The molecular formula is C7H15Cl2N2O2P. The molecule has 1 N–H and O–H groups in total. The third-order valence-electron chi connectivity index (χ3n) is 1.63. The topological polar surface area (TPSA) is 41.6 Å². The molecule has 1 aliphatic heterocycles. The van der Waals surface area contributed by atoms with Crippen LogP contribution in [0.2, 0.25) is 0 Å². The molecule has 1 unspecified atom stereocenters. The van der Waals surface area contributed by atoms with E-state index >= 15 is 0 Å². The minimum atomic E-state index is -3.84. The number of halogens is 2. The zero-order valence-electron chi connectivity index (χ0n) is 11.5. The third kappa shape index (κ3) is 3.37. The van der Waals surface area contributed by atoms with Gasteiger partial charge in [0, 0.05) is 36.8 Å². The predicted molar refractivity (Wildman–Crippen MR) is 59.2 cm³/mol. The molecule has 0 spiro atoms. The molecule has 0 aliphatic carbocycles. The van der Waals surface area contributed by atoms with E-state index in [1.165, 1.54) is 0 Å². The van der Waals surface area contributed by atoms with Crippen LogP contribution in [0.15, 0.2) is 0 Å². The van der Waals surface area contributed by atoms with E-state index in [1.54, 1.807) is 0 Å². The second-order valence-electron chi connectivity index (χ2n) is 2.54. The number of nitrogens with zero attached hydrogens (tertiary/aromatic N) is 1. The lowest BCUT2D eigenvalue weighted by molar-refractivity contribution is 0.203. The van der Waals surface area contributed by atoms with Crippen LogP contribution in [0.4, 0.5) is 0 Å². The van der Waals surface area contributed by atoms with Crippen LogP contribution in [0.25, 0.3) is 0 Å². The Morgan fingerprint density at radius 3 is 3.00 bits per heavy atom. The predicted octanol–water partition coefficient (Wildman–Crippen LogP) is 1.88. The van der Waals surface area contributed by atoms with Gasteiger partial charge < -0.3 is 4.52 Å². The van der Waals surface area contributed by atoms with Crippen molar-refractivity contribution in [3.05, 3.63) is 0 Å². The fourth-order valence-corrected chi connectivity index (χ4v) is 3.10. The van der Waals surface area contributed by atoms with E-state index in [9.17, 15) is 4.57 Å². The van der Waals surface area contributed by atoms with Crippen molar-refractivity contribution in [3.8, 4) is 0 Å². The number of hydrogen-bond donors (Lipinski definition) is 1. The minimum Gasteiger partial charge on any atom is -0.306 e. The number of nitrogens with one attached hydrogen (secondary N) is 1. The molecule has 1 fully saturated rings. The van der Waals surface area contributed by atoms with Crippen LogP contribution >= 0.6 is 30.9 Å². The molecule has 0 aromatic heterocycles. The van der Waals surface area contributed by atoms with E-state index in [0.29, 0.717) is 6.42 Å². The van der Waals surface area contributed by atoms with Crippen molar-refractivity contribution in [1.82, 2.24) is 9.76 Å². The summed E-state index contributed by atoms with van der Waals surface area (Å²) >= 11 is 10.9. The zero-order chi connectivity index (χ0) is 14.0. The van der Waals surface area contributed by atoms with Gasteiger partial charge in [-0.15, -0.1) is 23.2 Å². The van der Waals surface area contributed by atoms with Crippen molar-refractivity contribution in [2.75, 3.05) is 37.9 Å². The Hall–Kier alpha value is 0.690. The average Bonchev–Trinajstić information content (AvgIpc) is 2.28. The standard InChI is InChI=1S/C7H15Cl2N2O2P/c8-2-4-10-14(12)11(6-3-9)5-1-7-13-14/h1-7H2,(H,10,12)/i4D2,6D2. The molecule has 1 saturated heterocycles. The van der Waals surface area contributed by atoms with Gasteiger partial charge in [-0.1, -0.05) is 0 Å². The summed E-state index contributed by atoms with van der Waals surface area (Å²) in [6.07, 6.45) is 0.492. The second-order valence-corrected chi connectivity index (χ2v) is 5.08. The van der Waals surface area contributed by atoms with Gasteiger partial charge in [-0.2, -0.15) is 0 Å². The molecule has 0 amide bonds. The molecule has 1 atom stereocenters. The highest BCUT2D eigenvalue weighted by Crippen LogP contribution is 2.48. The molecule has 0 aromatic rings. The quantitative estimate of drug-likeness (QED) is 0.608. The van der Waals surface area contributed by atoms with Gasteiger partial charge in [0.2, 0.25) is 0 Å². The van der Waals surface area contributed by atoms with Gasteiger partial charge in [-0.05, 0) is 6.42 Å². The Morgan fingerprint density at radius 2 is 2.36 bits per heavy atom. The molecule has 0 bridgehead atoms. The number of hydrogen-bond acceptors (Lipinski definition) is 2. The van der Waals surface area contributed by atoms with Crippen LogP contribution in [-0.2, 0) is 9.09 Å². The van der Waals surface area contributed by atoms with Crippen molar-refractivity contribution in [2.24, 2.45) is 0 Å². The van der Waals surface area contributed by atoms with E-state index in [0.717, 1.165) is 4.67 Å². The van der Waals surface area contributed by atoms with Crippen molar-refractivity contribution in [2.45, 2.75) is 6.42 Å². The van der Waals surface area contributed by atoms with Gasteiger partial charge in [0.15, 0.2) is 0 Å². The summed E-state index contributed by atoms with van der Waals surface area (Å²) < 4.78 is 48.9. The lowest BCUT2D eigenvalue weighted by atomic mass is 10.4. The average molecular weight is 265 g/mol. The molecule has 1 heterocycles. The summed E-state index contributed by atoms with van der Waals surface area (Å²) in [7, 11) is -3.84. The Labute approximate surface area is 100 Å². The van der Waals surface area contributed by atoms with E-state index < -0.39 is 32.4 Å². The summed E-state index contributed by atoms with van der Waals surface area (Å²) in [5.41, 5.74) is 0. The molecule has 4 nitrogen and oxygen atoms in total. The van der Waals surface area contributed by atoms with Crippen LogP contribution in [0.1, 0.15) is 11.9 Å². The zero-order valence-corrected chi connectivity index (χ0v) is 9.91. The smallest absolute Gasteiger partial charge is 0.306 e. The first-order valence-electron chi connectivity index (χ1n) is 6.11. The normalized spacial score (nSPS) is 35.6. The first kappa shape index (κ1) is 7.88. The molecule has 7 heteroatoms. The Balaban J connectivity index is 2.97. The van der Waals surface area contributed by atoms with Gasteiger partial charge in [-0.3, -0.25) is 4.57 Å². The van der Waals surface area contributed by atoms with Crippen LogP contribution in [0, 0.1) is 0 Å². The van der Waals surface area contributed by atoms with Gasteiger partial charge in [0.05, 0.1) is 6.61 Å². The maximum atomic E-state index is 12.5. The number of rotatable bonds is 5. The van der Waals surface area contributed by atoms with E-state index in [-0.39, 0.29) is 13.2 Å². The molecule has 0 aromatic carbocycles. The fourth-order valence-electron chi connectivity index (χ4n) is 1.07. The Bertz CT molecular complexity index is 347. The maximum Gasteiger partial charge on any atom is 0.343 e. The summed E-state index contributed by atoms with van der Waals surface area (Å²) in [6, 6.07) is 0. The lowest BCUT2D eigenvalue weighted by Crippen LogP contribution is -2.36. The van der Waals surface area contributed by atoms with Crippen LogP contribution in [-0.4, -0.2) is 42.6 Å².